The average Bonchev–Trinajstić information content (AvgIpc) is 3.08. The Morgan fingerprint density at radius 1 is 0.870 bits per heavy atom. The molecule has 1 aromatic heterocycles. The second-order valence-corrected chi connectivity index (χ2v) is 5.84. The van der Waals surface area contributed by atoms with Gasteiger partial charge in [0.2, 0.25) is 0 Å². The van der Waals surface area contributed by atoms with E-state index in [1.54, 1.807) is 18.4 Å². The fraction of sp³-hybridized carbons (Fsp3) is 0.200. The molecule has 3 N–H and O–H groups in total. The smallest absolute Gasteiger partial charge is 0.115 e. The van der Waals surface area contributed by atoms with Crippen LogP contribution in [0.1, 0.15) is 22.8 Å². The number of hydrogen-bond donors (Lipinski definition) is 2. The van der Waals surface area contributed by atoms with Gasteiger partial charge in [0.05, 0.1) is 6.26 Å². The molecule has 2 aromatic carbocycles. The van der Waals surface area contributed by atoms with Crippen LogP contribution in [0.5, 0.6) is 5.75 Å². The number of aromatic hydroxyl groups is 1. The van der Waals surface area contributed by atoms with Crippen molar-refractivity contribution in [1.29, 1.82) is 0 Å². The van der Waals surface area contributed by atoms with E-state index in [0.717, 1.165) is 17.7 Å². The summed E-state index contributed by atoms with van der Waals surface area (Å²) < 4.78 is 5.44. The molecule has 0 fully saturated rings. The Morgan fingerprint density at radius 2 is 1.61 bits per heavy atom. The van der Waals surface area contributed by atoms with Crippen LogP contribution in [0.25, 0.3) is 0 Å². The van der Waals surface area contributed by atoms with Crippen molar-refractivity contribution in [3.8, 4) is 5.75 Å². The topological polar surface area (TPSA) is 59.4 Å². The van der Waals surface area contributed by atoms with Crippen LogP contribution < -0.4 is 5.73 Å². The Kier molecular flexibility index (Phi) is 4.79. The summed E-state index contributed by atoms with van der Waals surface area (Å²) in [6, 6.07) is 21.5. The summed E-state index contributed by atoms with van der Waals surface area (Å²) in [5, 5.41) is 9.45. The third-order valence-electron chi connectivity index (χ3n) is 4.15. The normalized spacial score (nSPS) is 13.6. The van der Waals surface area contributed by atoms with Crippen LogP contribution in [0.15, 0.2) is 77.4 Å². The van der Waals surface area contributed by atoms with Crippen LogP contribution in [0.3, 0.4) is 0 Å². The molecule has 0 aliphatic heterocycles. The highest BCUT2D eigenvalue weighted by atomic mass is 16.3. The molecule has 3 heteroatoms. The van der Waals surface area contributed by atoms with Crippen molar-refractivity contribution >= 4 is 0 Å². The van der Waals surface area contributed by atoms with Crippen LogP contribution in [0, 0.1) is 0 Å². The first-order valence-electron chi connectivity index (χ1n) is 7.83. The maximum Gasteiger partial charge on any atom is 0.115 e. The van der Waals surface area contributed by atoms with Crippen LogP contribution in [0.4, 0.5) is 0 Å². The highest BCUT2D eigenvalue weighted by Gasteiger charge is 2.21. The minimum Gasteiger partial charge on any atom is -0.508 e. The zero-order chi connectivity index (χ0) is 16.1. The van der Waals surface area contributed by atoms with E-state index >= 15 is 0 Å². The van der Waals surface area contributed by atoms with Gasteiger partial charge < -0.3 is 15.3 Å². The molecule has 3 aromatic rings. The summed E-state index contributed by atoms with van der Waals surface area (Å²) in [4.78, 5) is 0. The zero-order valence-electron chi connectivity index (χ0n) is 12.9. The van der Waals surface area contributed by atoms with Gasteiger partial charge in [0.25, 0.3) is 0 Å². The van der Waals surface area contributed by atoms with Gasteiger partial charge in [-0.1, -0.05) is 42.5 Å². The van der Waals surface area contributed by atoms with Crippen molar-refractivity contribution in [3.05, 3.63) is 89.9 Å². The lowest BCUT2D eigenvalue weighted by molar-refractivity contribution is 0.448. The van der Waals surface area contributed by atoms with E-state index in [4.69, 9.17) is 10.2 Å². The first-order chi connectivity index (χ1) is 11.2. The fourth-order valence-corrected chi connectivity index (χ4v) is 2.91. The molecule has 0 amide bonds. The SMILES string of the molecule is NC(Cc1ccco1)C(Cc1ccc(O)cc1)c1ccccc1. The van der Waals surface area contributed by atoms with Gasteiger partial charge in [0, 0.05) is 18.4 Å². The Labute approximate surface area is 136 Å². The molecule has 0 aliphatic carbocycles. The van der Waals surface area contributed by atoms with E-state index in [0.29, 0.717) is 6.42 Å². The quantitative estimate of drug-likeness (QED) is 0.726. The Bertz CT molecular complexity index is 705. The summed E-state index contributed by atoms with van der Waals surface area (Å²) in [6.07, 6.45) is 3.20. The molecule has 3 nitrogen and oxygen atoms in total. The van der Waals surface area contributed by atoms with Crippen LogP contribution in [-0.4, -0.2) is 11.1 Å². The number of phenols is 1. The molecular weight excluding hydrogens is 286 g/mol. The Balaban J connectivity index is 1.82. The molecular formula is C20H21NO2. The van der Waals surface area contributed by atoms with Crippen molar-refractivity contribution in [1.82, 2.24) is 0 Å². The van der Waals surface area contributed by atoms with Crippen LogP contribution >= 0.6 is 0 Å². The molecule has 0 aliphatic rings. The summed E-state index contributed by atoms with van der Waals surface area (Å²) >= 11 is 0. The van der Waals surface area contributed by atoms with Gasteiger partial charge in [-0.05, 0) is 41.8 Å². The van der Waals surface area contributed by atoms with Gasteiger partial charge in [0.15, 0.2) is 0 Å². The van der Waals surface area contributed by atoms with Crippen molar-refractivity contribution in [2.75, 3.05) is 0 Å². The number of benzene rings is 2. The van der Waals surface area contributed by atoms with Gasteiger partial charge in [-0.25, -0.2) is 0 Å². The summed E-state index contributed by atoms with van der Waals surface area (Å²) in [5.74, 6) is 1.37. The second kappa shape index (κ2) is 7.16. The van der Waals surface area contributed by atoms with Crippen molar-refractivity contribution in [3.63, 3.8) is 0 Å². The maximum atomic E-state index is 9.45. The first-order valence-corrected chi connectivity index (χ1v) is 7.83. The second-order valence-electron chi connectivity index (χ2n) is 5.84. The van der Waals surface area contributed by atoms with Gasteiger partial charge in [0.1, 0.15) is 11.5 Å². The van der Waals surface area contributed by atoms with Crippen molar-refractivity contribution in [2.24, 2.45) is 5.73 Å². The number of hydrogen-bond acceptors (Lipinski definition) is 3. The molecule has 118 valence electrons. The third kappa shape index (κ3) is 4.02. The molecule has 2 atom stereocenters. The predicted molar refractivity (Wildman–Crippen MR) is 91.4 cm³/mol. The lowest BCUT2D eigenvalue weighted by Crippen LogP contribution is -2.32. The predicted octanol–water partition coefficient (Wildman–Crippen LogP) is 3.88. The van der Waals surface area contributed by atoms with Crippen LogP contribution in [0.2, 0.25) is 0 Å². The van der Waals surface area contributed by atoms with Gasteiger partial charge in [-0.3, -0.25) is 0 Å². The fourth-order valence-electron chi connectivity index (χ4n) is 2.91. The van der Waals surface area contributed by atoms with E-state index < -0.39 is 0 Å². The van der Waals surface area contributed by atoms with E-state index in [-0.39, 0.29) is 17.7 Å². The van der Waals surface area contributed by atoms with Gasteiger partial charge >= 0.3 is 0 Å². The highest BCUT2D eigenvalue weighted by Crippen LogP contribution is 2.26. The third-order valence-corrected chi connectivity index (χ3v) is 4.15. The molecule has 0 radical (unpaired) electrons. The van der Waals surface area contributed by atoms with Gasteiger partial charge in [-0.15, -0.1) is 0 Å². The van der Waals surface area contributed by atoms with Crippen molar-refractivity contribution in [2.45, 2.75) is 24.8 Å². The first kappa shape index (κ1) is 15.4. The lowest BCUT2D eigenvalue weighted by atomic mass is 9.84. The lowest BCUT2D eigenvalue weighted by Gasteiger charge is -2.24. The van der Waals surface area contributed by atoms with Crippen molar-refractivity contribution < 1.29 is 9.52 Å². The minimum atomic E-state index is -0.0441. The zero-order valence-corrected chi connectivity index (χ0v) is 12.9. The average molecular weight is 307 g/mol. The molecule has 3 rings (SSSR count). The number of furan rings is 1. The minimum absolute atomic E-state index is 0.0441. The molecule has 23 heavy (non-hydrogen) atoms. The number of nitrogens with two attached hydrogens (primary N) is 1. The number of rotatable bonds is 6. The standard InChI is InChI=1S/C20H21NO2/c21-20(14-18-7-4-12-23-18)19(16-5-2-1-3-6-16)13-15-8-10-17(22)11-9-15/h1-12,19-20,22H,13-14,21H2. The van der Waals surface area contributed by atoms with E-state index in [1.807, 2.05) is 42.5 Å². The summed E-state index contributed by atoms with van der Waals surface area (Å²) in [7, 11) is 0. The largest absolute Gasteiger partial charge is 0.508 e. The summed E-state index contributed by atoms with van der Waals surface area (Å²) in [6.45, 7) is 0. The highest BCUT2D eigenvalue weighted by molar-refractivity contribution is 5.30. The van der Waals surface area contributed by atoms with Gasteiger partial charge in [-0.2, -0.15) is 0 Å². The molecule has 0 saturated carbocycles. The monoisotopic (exact) mass is 307 g/mol. The summed E-state index contributed by atoms with van der Waals surface area (Å²) in [5.41, 5.74) is 8.89. The van der Waals surface area contributed by atoms with Crippen LogP contribution in [-0.2, 0) is 12.8 Å². The molecule has 0 spiro atoms. The molecule has 0 bridgehead atoms. The van der Waals surface area contributed by atoms with E-state index in [1.165, 1.54) is 5.56 Å². The Morgan fingerprint density at radius 3 is 2.26 bits per heavy atom. The maximum absolute atomic E-state index is 9.45. The van der Waals surface area contributed by atoms with E-state index in [9.17, 15) is 5.11 Å². The Hall–Kier alpha value is -2.52. The molecule has 0 saturated heterocycles. The van der Waals surface area contributed by atoms with E-state index in [2.05, 4.69) is 12.1 Å². The molecule has 2 unspecified atom stereocenters. The molecule has 1 heterocycles. The number of phenolic OH excluding ortho intramolecular Hbond substituents is 1.